The van der Waals surface area contributed by atoms with Gasteiger partial charge in [0.1, 0.15) is 11.5 Å². The van der Waals surface area contributed by atoms with Gasteiger partial charge in [-0.25, -0.2) is 9.79 Å². The molecule has 1 N–H and O–H groups in total. The summed E-state index contributed by atoms with van der Waals surface area (Å²) in [7, 11) is 3.79. The Kier molecular flexibility index (Phi) is 7.03. The summed E-state index contributed by atoms with van der Waals surface area (Å²) in [5.41, 5.74) is 1.41. The molecule has 37 heavy (non-hydrogen) atoms. The number of carbonyl (C=O) groups excluding carboxylic acids is 1. The van der Waals surface area contributed by atoms with Crippen LogP contribution in [0.3, 0.4) is 0 Å². The van der Waals surface area contributed by atoms with E-state index in [1.165, 1.54) is 16.2 Å². The predicted octanol–water partition coefficient (Wildman–Crippen LogP) is 0.735. The van der Waals surface area contributed by atoms with Crippen LogP contribution in [0, 0.1) is 0 Å². The van der Waals surface area contributed by atoms with Gasteiger partial charge in [-0.2, -0.15) is 0 Å². The zero-order valence-corrected chi connectivity index (χ0v) is 22.3. The number of quaternary nitrogens is 1. The lowest BCUT2D eigenvalue weighted by Gasteiger charge is -2.29. The maximum Gasteiger partial charge on any atom is 0.338 e. The maximum atomic E-state index is 13.7. The Morgan fingerprint density at radius 1 is 1.22 bits per heavy atom. The van der Waals surface area contributed by atoms with Crippen LogP contribution in [0.2, 0.25) is 0 Å². The number of hydrogen-bond donors (Lipinski definition) is 1. The molecule has 2 aliphatic heterocycles. The summed E-state index contributed by atoms with van der Waals surface area (Å²) in [6.45, 7) is 7.73. The number of allylic oxidation sites excluding steroid dienone is 1. The van der Waals surface area contributed by atoms with Gasteiger partial charge in [0.25, 0.3) is 5.56 Å². The molecule has 2 aromatic heterocycles. The molecule has 0 radical (unpaired) electrons. The van der Waals surface area contributed by atoms with E-state index in [0.717, 1.165) is 37.6 Å². The molecule has 4 heterocycles. The molecule has 1 fully saturated rings. The van der Waals surface area contributed by atoms with Crippen LogP contribution in [-0.2, 0) is 9.53 Å². The van der Waals surface area contributed by atoms with E-state index in [4.69, 9.17) is 13.9 Å². The lowest BCUT2D eigenvalue weighted by Crippen LogP contribution is -3.12. The first-order valence-electron chi connectivity index (χ1n) is 12.4. The number of methoxy groups -OCH3 is 1. The maximum absolute atomic E-state index is 13.7. The summed E-state index contributed by atoms with van der Waals surface area (Å²) in [5.74, 6) is 1.62. The Morgan fingerprint density at radius 2 is 1.95 bits per heavy atom. The second-order valence-corrected chi connectivity index (χ2v) is 10.2. The monoisotopic (exact) mass is 523 g/mol. The quantitative estimate of drug-likeness (QED) is 0.480. The lowest BCUT2D eigenvalue weighted by molar-refractivity contribution is -0.880. The van der Waals surface area contributed by atoms with E-state index in [9.17, 15) is 9.59 Å². The smallest absolute Gasteiger partial charge is 0.338 e. The van der Waals surface area contributed by atoms with Gasteiger partial charge in [-0.05, 0) is 37.6 Å². The molecule has 0 bridgehead atoms. The minimum atomic E-state index is -0.664. The number of hydrogen-bond acceptors (Lipinski definition) is 8. The van der Waals surface area contributed by atoms with Crippen LogP contribution in [-0.4, -0.2) is 57.5 Å². The fraction of sp³-hybridized carbons (Fsp3) is 0.370. The molecule has 0 spiro atoms. The number of thiazole rings is 1. The molecule has 5 rings (SSSR count). The number of rotatable bonds is 6. The Hall–Kier alpha value is -3.63. The third kappa shape index (κ3) is 4.86. The Labute approximate surface area is 218 Å². The standard InChI is InChI=1S/C27H30N4O5S/c1-5-35-26(33)23-17(2)28-27-31(24(23)18-6-8-19(34-4)9-7-18)25(32)21(37-27)16-20-10-11-22(36-20)30-14-12-29(3)13-15-30/h6-11,16,24H,5,12-15H2,1-4H3/p+1/b21-16+/t24-/m1/s1. The minimum absolute atomic E-state index is 0.227. The number of nitrogens with one attached hydrogen (secondary N) is 1. The van der Waals surface area contributed by atoms with E-state index in [-0.39, 0.29) is 12.2 Å². The van der Waals surface area contributed by atoms with Crippen molar-refractivity contribution in [1.29, 1.82) is 0 Å². The van der Waals surface area contributed by atoms with Crippen LogP contribution in [0.25, 0.3) is 6.08 Å². The number of nitrogens with zero attached hydrogens (tertiary/aromatic N) is 3. The van der Waals surface area contributed by atoms with Gasteiger partial charge >= 0.3 is 5.97 Å². The van der Waals surface area contributed by atoms with Crippen LogP contribution in [0.4, 0.5) is 5.88 Å². The number of aromatic nitrogens is 1. The van der Waals surface area contributed by atoms with Gasteiger partial charge in [-0.15, -0.1) is 0 Å². The Balaban J connectivity index is 1.57. The molecule has 0 aliphatic carbocycles. The molecular weight excluding hydrogens is 492 g/mol. The van der Waals surface area contributed by atoms with Crippen LogP contribution in [0.1, 0.15) is 31.2 Å². The first kappa shape index (κ1) is 25.0. The number of likely N-dealkylation sites (N-methyl/N-ethyl adjacent to an activating group) is 1. The van der Waals surface area contributed by atoms with Crippen LogP contribution in [0.5, 0.6) is 5.75 Å². The van der Waals surface area contributed by atoms with Crippen molar-refractivity contribution in [3.8, 4) is 5.75 Å². The second-order valence-electron chi connectivity index (χ2n) is 9.20. The molecule has 0 saturated carbocycles. The van der Waals surface area contributed by atoms with Gasteiger partial charge in [-0.1, -0.05) is 23.5 Å². The molecule has 1 atom stereocenters. The summed E-state index contributed by atoms with van der Waals surface area (Å²) in [4.78, 5) is 35.6. The third-order valence-electron chi connectivity index (χ3n) is 6.76. The summed E-state index contributed by atoms with van der Waals surface area (Å²) >= 11 is 1.28. The fourth-order valence-electron chi connectivity index (χ4n) is 4.72. The highest BCUT2D eigenvalue weighted by molar-refractivity contribution is 7.07. The van der Waals surface area contributed by atoms with E-state index in [1.807, 2.05) is 36.4 Å². The van der Waals surface area contributed by atoms with Crippen molar-refractivity contribution in [3.05, 3.63) is 78.7 Å². The largest absolute Gasteiger partial charge is 0.497 e. The number of ether oxygens (including phenoxy) is 2. The lowest BCUT2D eigenvalue weighted by atomic mass is 9.96. The van der Waals surface area contributed by atoms with Crippen molar-refractivity contribution in [1.82, 2.24) is 4.57 Å². The summed E-state index contributed by atoms with van der Waals surface area (Å²) in [5, 5.41) is 0. The fourth-order valence-corrected chi connectivity index (χ4v) is 5.75. The van der Waals surface area contributed by atoms with Crippen molar-refractivity contribution in [2.24, 2.45) is 4.99 Å². The van der Waals surface area contributed by atoms with Crippen LogP contribution >= 0.6 is 11.3 Å². The molecule has 10 heteroatoms. The van der Waals surface area contributed by atoms with Crippen molar-refractivity contribution in [2.75, 3.05) is 51.8 Å². The van der Waals surface area contributed by atoms with Crippen LogP contribution < -0.4 is 29.4 Å². The minimum Gasteiger partial charge on any atom is -0.497 e. The molecule has 194 valence electrons. The number of furan rings is 1. The van der Waals surface area contributed by atoms with Gasteiger partial charge in [0.2, 0.25) is 0 Å². The number of piperazine rings is 1. The second kappa shape index (κ2) is 10.4. The van der Waals surface area contributed by atoms with E-state index in [2.05, 4.69) is 16.9 Å². The zero-order valence-electron chi connectivity index (χ0n) is 21.4. The topological polar surface area (TPSA) is 90.7 Å². The zero-order chi connectivity index (χ0) is 26.1. The van der Waals surface area contributed by atoms with E-state index in [0.29, 0.717) is 32.1 Å². The highest BCUT2D eigenvalue weighted by Gasteiger charge is 2.33. The molecule has 9 nitrogen and oxygen atoms in total. The van der Waals surface area contributed by atoms with Gasteiger partial charge < -0.3 is 23.7 Å². The summed E-state index contributed by atoms with van der Waals surface area (Å²) < 4.78 is 18.8. The Morgan fingerprint density at radius 3 is 2.62 bits per heavy atom. The average molecular weight is 524 g/mol. The average Bonchev–Trinajstić information content (AvgIpc) is 3.48. The summed E-state index contributed by atoms with van der Waals surface area (Å²) in [6.07, 6.45) is 1.75. The molecule has 2 aliphatic rings. The predicted molar refractivity (Wildman–Crippen MR) is 141 cm³/mol. The number of esters is 1. The third-order valence-corrected chi connectivity index (χ3v) is 7.75. The normalized spacial score (nSPS) is 18.5. The summed E-state index contributed by atoms with van der Waals surface area (Å²) in [6, 6.07) is 10.5. The van der Waals surface area contributed by atoms with Crippen LogP contribution in [0.15, 0.2) is 61.9 Å². The van der Waals surface area contributed by atoms with Crippen molar-refractivity contribution < 1.29 is 23.6 Å². The van der Waals surface area contributed by atoms with Gasteiger partial charge in [0, 0.05) is 12.1 Å². The van der Waals surface area contributed by atoms with E-state index in [1.54, 1.807) is 31.6 Å². The molecule has 3 aromatic rings. The van der Waals surface area contributed by atoms with Gasteiger partial charge in [-0.3, -0.25) is 9.36 Å². The number of benzene rings is 1. The Bertz CT molecular complexity index is 1510. The van der Waals surface area contributed by atoms with Gasteiger partial charge in [0.15, 0.2) is 10.7 Å². The number of anilines is 1. The highest BCUT2D eigenvalue weighted by atomic mass is 32.1. The molecule has 0 amide bonds. The molecule has 1 aromatic carbocycles. The molecule has 1 saturated heterocycles. The van der Waals surface area contributed by atoms with E-state index >= 15 is 0 Å². The molecule has 0 unspecified atom stereocenters. The highest BCUT2D eigenvalue weighted by Crippen LogP contribution is 2.31. The van der Waals surface area contributed by atoms with Crippen molar-refractivity contribution in [3.63, 3.8) is 0 Å². The van der Waals surface area contributed by atoms with E-state index < -0.39 is 12.0 Å². The first-order valence-corrected chi connectivity index (χ1v) is 13.2. The van der Waals surface area contributed by atoms with Crippen molar-refractivity contribution in [2.45, 2.75) is 19.9 Å². The SMILES string of the molecule is CCOC(=O)C1=C(C)N=c2s/c(=C/c3ccc(N4CC[NH+](C)CC4)o3)c(=O)n2[C@@H]1c1ccc(OC)cc1. The van der Waals surface area contributed by atoms with Crippen molar-refractivity contribution >= 4 is 29.3 Å². The van der Waals surface area contributed by atoms with Gasteiger partial charge in [0.05, 0.1) is 68.8 Å². The number of fused-ring (bicyclic) bond motifs is 1. The molecular formula is C27H31N4O5S+. The first-order chi connectivity index (χ1) is 17.9. The number of carbonyl (C=O) groups is 1.